The van der Waals surface area contributed by atoms with E-state index in [0.717, 1.165) is 52.2 Å². The van der Waals surface area contributed by atoms with Crippen molar-refractivity contribution < 1.29 is 9.50 Å². The van der Waals surface area contributed by atoms with Gasteiger partial charge in [-0.05, 0) is 41.7 Å². The van der Waals surface area contributed by atoms with E-state index in [1.54, 1.807) is 0 Å². The molecule has 0 fully saturated rings. The van der Waals surface area contributed by atoms with Crippen molar-refractivity contribution in [2.45, 2.75) is 31.9 Å². The third-order valence-electron chi connectivity index (χ3n) is 5.26. The van der Waals surface area contributed by atoms with Crippen LogP contribution in [-0.4, -0.2) is 16.3 Å². The Morgan fingerprint density at radius 2 is 1.52 bits per heavy atom. The molecular weight excluding hydrogens is 337 g/mol. The maximum absolute atomic E-state index is 12.4. The minimum Gasteiger partial charge on any atom is -0.384 e. The molecule has 2 nitrogen and oxygen atoms in total. The highest BCUT2D eigenvalue weighted by Gasteiger charge is 2.19. The van der Waals surface area contributed by atoms with Crippen LogP contribution in [0.2, 0.25) is 0 Å². The molecule has 0 amide bonds. The van der Waals surface area contributed by atoms with Crippen molar-refractivity contribution in [3.05, 3.63) is 84.1 Å². The Morgan fingerprint density at radius 1 is 0.778 bits per heavy atom. The van der Waals surface area contributed by atoms with Gasteiger partial charge in [-0.1, -0.05) is 60.7 Å². The standard InChI is InChI=1S/C24H24FNO/c25-15-6-1-7-16-26-17-22(20-12-4-5-14-23(20)26)24(27)21-13-8-10-18-9-2-3-11-19(18)21/h2-5,8-14,17,24,27H,1,6-7,15-16H2. The van der Waals surface area contributed by atoms with Crippen molar-refractivity contribution in [3.8, 4) is 0 Å². The van der Waals surface area contributed by atoms with Gasteiger partial charge in [0.1, 0.15) is 6.10 Å². The molecule has 3 heteroatoms. The summed E-state index contributed by atoms with van der Waals surface area (Å²) in [6.45, 7) is 0.584. The van der Waals surface area contributed by atoms with Crippen LogP contribution in [0.5, 0.6) is 0 Å². The number of benzene rings is 3. The average Bonchev–Trinajstić information content (AvgIpc) is 3.09. The number of halogens is 1. The van der Waals surface area contributed by atoms with E-state index >= 15 is 0 Å². The highest BCUT2D eigenvalue weighted by atomic mass is 19.1. The lowest BCUT2D eigenvalue weighted by atomic mass is 9.96. The molecule has 4 aromatic rings. The van der Waals surface area contributed by atoms with Gasteiger partial charge in [-0.15, -0.1) is 0 Å². The summed E-state index contributed by atoms with van der Waals surface area (Å²) in [6.07, 6.45) is 3.81. The maximum atomic E-state index is 12.4. The van der Waals surface area contributed by atoms with E-state index in [9.17, 15) is 9.50 Å². The number of nitrogens with zero attached hydrogens (tertiary/aromatic N) is 1. The number of unbranched alkanes of at least 4 members (excludes halogenated alkanes) is 2. The van der Waals surface area contributed by atoms with Gasteiger partial charge in [-0.2, -0.15) is 0 Å². The summed E-state index contributed by atoms with van der Waals surface area (Å²) in [4.78, 5) is 0. The van der Waals surface area contributed by atoms with Crippen LogP contribution in [0.4, 0.5) is 4.39 Å². The Morgan fingerprint density at radius 3 is 2.37 bits per heavy atom. The fourth-order valence-corrected chi connectivity index (χ4v) is 3.89. The first kappa shape index (κ1) is 17.7. The van der Waals surface area contributed by atoms with E-state index in [4.69, 9.17) is 0 Å². The Balaban J connectivity index is 1.74. The Hall–Kier alpha value is -2.65. The molecule has 0 aliphatic carbocycles. The summed E-state index contributed by atoms with van der Waals surface area (Å²) in [6, 6.07) is 22.4. The SMILES string of the molecule is OC(c1cccc2ccccc12)c1cn(CCCCCF)c2ccccc12. The van der Waals surface area contributed by atoms with Crippen LogP contribution in [0, 0.1) is 0 Å². The van der Waals surface area contributed by atoms with E-state index in [1.807, 2.05) is 36.4 Å². The van der Waals surface area contributed by atoms with Gasteiger partial charge in [0, 0.05) is 29.2 Å². The number of fused-ring (bicyclic) bond motifs is 2. The second kappa shape index (κ2) is 7.93. The lowest BCUT2D eigenvalue weighted by Gasteiger charge is -2.13. The molecule has 1 N–H and O–H groups in total. The number of hydrogen-bond acceptors (Lipinski definition) is 1. The minimum atomic E-state index is -0.687. The summed E-state index contributed by atoms with van der Waals surface area (Å²) < 4.78 is 14.5. The first-order valence-corrected chi connectivity index (χ1v) is 9.59. The number of aryl methyl sites for hydroxylation is 1. The average molecular weight is 361 g/mol. The lowest BCUT2D eigenvalue weighted by Crippen LogP contribution is -2.00. The number of hydrogen-bond donors (Lipinski definition) is 1. The molecule has 0 bridgehead atoms. The molecule has 0 aliphatic rings. The molecule has 1 unspecified atom stereocenters. The largest absolute Gasteiger partial charge is 0.384 e. The molecule has 3 aromatic carbocycles. The van der Waals surface area contributed by atoms with Crippen LogP contribution >= 0.6 is 0 Å². The molecule has 27 heavy (non-hydrogen) atoms. The predicted molar refractivity (Wildman–Crippen MR) is 110 cm³/mol. The minimum absolute atomic E-state index is 0.253. The smallest absolute Gasteiger partial charge is 0.107 e. The van der Waals surface area contributed by atoms with Crippen molar-refractivity contribution in [1.82, 2.24) is 4.57 Å². The third-order valence-corrected chi connectivity index (χ3v) is 5.26. The third kappa shape index (κ3) is 3.47. The number of para-hydroxylation sites is 1. The topological polar surface area (TPSA) is 25.2 Å². The summed E-state index contributed by atoms with van der Waals surface area (Å²) in [5, 5.41) is 14.5. The highest BCUT2D eigenvalue weighted by molar-refractivity contribution is 5.89. The van der Waals surface area contributed by atoms with Gasteiger partial charge < -0.3 is 9.67 Å². The second-order valence-electron chi connectivity index (χ2n) is 7.02. The molecule has 0 radical (unpaired) electrons. The normalized spacial score (nSPS) is 12.7. The Labute approximate surface area is 158 Å². The van der Waals surface area contributed by atoms with E-state index in [0.29, 0.717) is 6.42 Å². The number of rotatable bonds is 7. The lowest BCUT2D eigenvalue weighted by molar-refractivity contribution is 0.223. The Bertz CT molecular complexity index is 1050. The van der Waals surface area contributed by atoms with Crippen LogP contribution in [0.25, 0.3) is 21.7 Å². The first-order valence-electron chi connectivity index (χ1n) is 9.59. The van der Waals surface area contributed by atoms with Gasteiger partial charge >= 0.3 is 0 Å². The first-order chi connectivity index (χ1) is 13.3. The van der Waals surface area contributed by atoms with E-state index < -0.39 is 6.10 Å². The van der Waals surface area contributed by atoms with Crippen molar-refractivity contribution >= 4 is 21.7 Å². The van der Waals surface area contributed by atoms with Crippen LogP contribution in [0.3, 0.4) is 0 Å². The molecule has 0 spiro atoms. The molecule has 0 aliphatic heterocycles. The van der Waals surface area contributed by atoms with Gasteiger partial charge in [-0.3, -0.25) is 4.39 Å². The molecular formula is C24H24FNO. The van der Waals surface area contributed by atoms with Gasteiger partial charge in [-0.25, -0.2) is 0 Å². The number of aliphatic hydroxyl groups excluding tert-OH is 1. The van der Waals surface area contributed by atoms with Gasteiger partial charge in [0.05, 0.1) is 6.67 Å². The number of aromatic nitrogens is 1. The van der Waals surface area contributed by atoms with Crippen molar-refractivity contribution in [2.75, 3.05) is 6.67 Å². The maximum Gasteiger partial charge on any atom is 0.107 e. The Kier molecular flexibility index (Phi) is 5.21. The number of alkyl halides is 1. The molecule has 4 rings (SSSR count). The number of aliphatic hydroxyl groups is 1. The van der Waals surface area contributed by atoms with E-state index in [1.165, 1.54) is 0 Å². The molecule has 138 valence electrons. The summed E-state index contributed by atoms with van der Waals surface area (Å²) >= 11 is 0. The van der Waals surface area contributed by atoms with Gasteiger partial charge in [0.25, 0.3) is 0 Å². The molecule has 1 aromatic heterocycles. The van der Waals surface area contributed by atoms with E-state index in [-0.39, 0.29) is 6.67 Å². The molecule has 0 saturated heterocycles. The predicted octanol–water partition coefficient (Wildman–Crippen LogP) is 6.02. The summed E-state index contributed by atoms with van der Waals surface area (Å²) in [7, 11) is 0. The highest BCUT2D eigenvalue weighted by Crippen LogP contribution is 2.34. The van der Waals surface area contributed by atoms with Crippen LogP contribution in [-0.2, 0) is 6.54 Å². The fourth-order valence-electron chi connectivity index (χ4n) is 3.89. The van der Waals surface area contributed by atoms with Crippen LogP contribution in [0.15, 0.2) is 72.9 Å². The molecule has 1 heterocycles. The molecule has 1 atom stereocenters. The van der Waals surface area contributed by atoms with E-state index in [2.05, 4.69) is 41.1 Å². The molecule has 0 saturated carbocycles. The zero-order chi connectivity index (χ0) is 18.6. The zero-order valence-corrected chi connectivity index (χ0v) is 15.3. The van der Waals surface area contributed by atoms with Crippen molar-refractivity contribution in [3.63, 3.8) is 0 Å². The zero-order valence-electron chi connectivity index (χ0n) is 15.3. The second-order valence-corrected chi connectivity index (χ2v) is 7.02. The summed E-state index contributed by atoms with van der Waals surface area (Å²) in [5.41, 5.74) is 2.97. The van der Waals surface area contributed by atoms with Crippen LogP contribution < -0.4 is 0 Å². The van der Waals surface area contributed by atoms with Crippen molar-refractivity contribution in [2.24, 2.45) is 0 Å². The quantitative estimate of drug-likeness (QED) is 0.400. The van der Waals surface area contributed by atoms with Gasteiger partial charge in [0.2, 0.25) is 0 Å². The monoisotopic (exact) mass is 361 g/mol. The fraction of sp³-hybridized carbons (Fsp3) is 0.250. The summed E-state index contributed by atoms with van der Waals surface area (Å²) in [5.74, 6) is 0. The van der Waals surface area contributed by atoms with Crippen molar-refractivity contribution in [1.29, 1.82) is 0 Å². The van der Waals surface area contributed by atoms with Gasteiger partial charge in [0.15, 0.2) is 0 Å². The van der Waals surface area contributed by atoms with Crippen LogP contribution in [0.1, 0.15) is 36.5 Å².